The second-order valence-corrected chi connectivity index (χ2v) is 18.2. The first-order valence-corrected chi connectivity index (χ1v) is 26.1. The van der Waals surface area contributed by atoms with Crippen LogP contribution in [0.15, 0.2) is 0 Å². The quantitative estimate of drug-likeness (QED) is 0.0346. The van der Waals surface area contributed by atoms with Gasteiger partial charge < -0.3 is 34.1 Å². The van der Waals surface area contributed by atoms with Crippen molar-refractivity contribution in [3.63, 3.8) is 0 Å². The standard InChI is InChI=1S/C32H63NO4S2.C14H30O.CH2O2.CH4O/c1-5-7-9-15-31(16-10-8-6-2)20-24-37-32(35)29-39-26-12-11-17-30(18-13-21-33(3)4)19-14-23-36-25-28-38-27-22-34;1-4-6-8-10-14(12-13-15-3)11-9-7-5-2;2-1-3;1-2/h22,30-31H,5-21,23-29H2,1-4H3;14H,4-13H2,1-3H3;1H,(H,2,3);2H,1H3. The number of aliphatic hydroxyl groups excluding tert-OH is 1. The van der Waals surface area contributed by atoms with Gasteiger partial charge in [-0.15, -0.1) is 0 Å². The summed E-state index contributed by atoms with van der Waals surface area (Å²) in [6, 6.07) is 0. The molecule has 0 fully saturated rings. The summed E-state index contributed by atoms with van der Waals surface area (Å²) in [5.41, 5.74) is 0. The van der Waals surface area contributed by atoms with E-state index in [2.05, 4.69) is 46.7 Å². The Balaban J connectivity index is -0.000000625. The van der Waals surface area contributed by atoms with Crippen LogP contribution in [0.4, 0.5) is 0 Å². The molecule has 2 N–H and O–H groups in total. The predicted molar refractivity (Wildman–Crippen MR) is 258 cm³/mol. The number of hydrogen-bond acceptors (Lipinski definition) is 10. The fourth-order valence-electron chi connectivity index (χ4n) is 7.01. The minimum atomic E-state index is -0.250. The Labute approximate surface area is 374 Å². The van der Waals surface area contributed by atoms with E-state index in [9.17, 15) is 9.59 Å². The summed E-state index contributed by atoms with van der Waals surface area (Å²) in [6.07, 6.45) is 33.3. The molecule has 0 aliphatic rings. The van der Waals surface area contributed by atoms with Gasteiger partial charge in [0.1, 0.15) is 6.29 Å². The summed E-state index contributed by atoms with van der Waals surface area (Å²) in [5.74, 6) is 5.35. The molecule has 356 valence electrons. The lowest BCUT2D eigenvalue weighted by atomic mass is 9.92. The number of carbonyl (C=O) groups is 3. The first-order chi connectivity index (χ1) is 28.8. The van der Waals surface area contributed by atoms with Crippen molar-refractivity contribution in [2.45, 2.75) is 188 Å². The number of hydrogen-bond donors (Lipinski definition) is 2. The van der Waals surface area contributed by atoms with Crippen LogP contribution in [0.3, 0.4) is 0 Å². The van der Waals surface area contributed by atoms with E-state index in [0.717, 1.165) is 75.9 Å². The topological polar surface area (TPSA) is 123 Å². The third-order valence-electron chi connectivity index (χ3n) is 10.4. The van der Waals surface area contributed by atoms with Crippen molar-refractivity contribution in [1.29, 1.82) is 0 Å². The highest BCUT2D eigenvalue weighted by Crippen LogP contribution is 2.24. The van der Waals surface area contributed by atoms with Gasteiger partial charge in [0.2, 0.25) is 0 Å². The Hall–Kier alpha value is -0.850. The van der Waals surface area contributed by atoms with Crippen molar-refractivity contribution in [3.8, 4) is 0 Å². The van der Waals surface area contributed by atoms with E-state index in [1.165, 1.54) is 148 Å². The van der Waals surface area contributed by atoms with Crippen molar-refractivity contribution in [2.75, 3.05) is 84.3 Å². The number of carboxylic acid groups (broad SMARTS) is 1. The zero-order valence-electron chi connectivity index (χ0n) is 40.0. The number of aldehydes is 1. The highest BCUT2D eigenvalue weighted by Gasteiger charge is 2.12. The van der Waals surface area contributed by atoms with E-state index in [1.807, 2.05) is 7.11 Å². The minimum Gasteiger partial charge on any atom is -0.483 e. The van der Waals surface area contributed by atoms with Gasteiger partial charge in [-0.2, -0.15) is 23.5 Å². The molecule has 0 aromatic heterocycles. The monoisotopic (exact) mass is 882 g/mol. The molecule has 0 amide bonds. The second kappa shape index (κ2) is 59.2. The second-order valence-electron chi connectivity index (χ2n) is 16.0. The number of thioether (sulfide) groups is 2. The van der Waals surface area contributed by atoms with Gasteiger partial charge in [-0.25, -0.2) is 0 Å². The maximum atomic E-state index is 12.2. The molecular formula is C48H99NO8S2. The summed E-state index contributed by atoms with van der Waals surface area (Å²) in [7, 11) is 7.11. The molecule has 0 spiro atoms. The van der Waals surface area contributed by atoms with Crippen LogP contribution in [0, 0.1) is 17.8 Å². The first kappa shape index (κ1) is 64.8. The summed E-state index contributed by atoms with van der Waals surface area (Å²) in [6.45, 7) is 13.1. The average molecular weight is 882 g/mol. The third kappa shape index (κ3) is 59.3. The molecule has 1 unspecified atom stereocenters. The Morgan fingerprint density at radius 3 is 1.47 bits per heavy atom. The van der Waals surface area contributed by atoms with Crippen LogP contribution in [0.25, 0.3) is 0 Å². The summed E-state index contributed by atoms with van der Waals surface area (Å²) in [4.78, 5) is 33.2. The van der Waals surface area contributed by atoms with Gasteiger partial charge in [-0.3, -0.25) is 9.59 Å². The molecule has 0 aliphatic heterocycles. The Kier molecular flexibility index (Phi) is 65.0. The average Bonchev–Trinajstić information content (AvgIpc) is 3.23. The first-order valence-electron chi connectivity index (χ1n) is 23.8. The predicted octanol–water partition coefficient (Wildman–Crippen LogP) is 12.4. The van der Waals surface area contributed by atoms with Crippen molar-refractivity contribution in [3.05, 3.63) is 0 Å². The normalized spacial score (nSPS) is 11.3. The van der Waals surface area contributed by atoms with E-state index >= 15 is 0 Å². The molecule has 11 heteroatoms. The number of nitrogens with zero attached hydrogens (tertiary/aromatic N) is 1. The van der Waals surface area contributed by atoms with Gasteiger partial charge in [0, 0.05) is 38.9 Å². The zero-order valence-corrected chi connectivity index (χ0v) is 41.7. The van der Waals surface area contributed by atoms with Gasteiger partial charge in [-0.1, -0.05) is 143 Å². The number of carbonyl (C=O) groups excluding carboxylic acids is 2. The molecule has 0 aliphatic carbocycles. The van der Waals surface area contributed by atoms with Gasteiger partial charge in [0.05, 0.1) is 19.0 Å². The van der Waals surface area contributed by atoms with Crippen LogP contribution < -0.4 is 0 Å². The largest absolute Gasteiger partial charge is 0.483 e. The van der Waals surface area contributed by atoms with E-state index in [4.69, 9.17) is 29.2 Å². The summed E-state index contributed by atoms with van der Waals surface area (Å²) in [5, 5.41) is 13.9. The van der Waals surface area contributed by atoms with Crippen molar-refractivity contribution < 1.29 is 38.8 Å². The lowest BCUT2D eigenvalue weighted by molar-refractivity contribution is -0.140. The Morgan fingerprint density at radius 2 is 1.02 bits per heavy atom. The van der Waals surface area contributed by atoms with E-state index in [1.54, 1.807) is 23.5 Å². The van der Waals surface area contributed by atoms with Crippen LogP contribution >= 0.6 is 23.5 Å². The van der Waals surface area contributed by atoms with E-state index in [0.29, 0.717) is 24.0 Å². The van der Waals surface area contributed by atoms with Crippen LogP contribution in [-0.2, 0) is 28.6 Å². The van der Waals surface area contributed by atoms with E-state index < -0.39 is 0 Å². The lowest BCUT2D eigenvalue weighted by Gasteiger charge is -2.18. The molecule has 0 aromatic carbocycles. The van der Waals surface area contributed by atoms with Crippen LogP contribution in [0.5, 0.6) is 0 Å². The molecule has 0 aromatic rings. The molecule has 0 heterocycles. The van der Waals surface area contributed by atoms with Crippen LogP contribution in [0.1, 0.15) is 188 Å². The third-order valence-corrected chi connectivity index (χ3v) is 12.3. The fourth-order valence-corrected chi connectivity index (χ4v) is 8.31. The lowest BCUT2D eigenvalue weighted by Crippen LogP contribution is -2.14. The minimum absolute atomic E-state index is 0.0352. The SMILES string of the molecule is CCCCCC(CCCCC)CCOC.CCCCCC(CCCCC)CCOC(=O)CSCCCCC(CCCOCCSCC=O)CCCN(C)C.CO.O=CO. The maximum Gasteiger partial charge on any atom is 0.315 e. The van der Waals surface area contributed by atoms with Gasteiger partial charge in [0.25, 0.3) is 6.47 Å². The van der Waals surface area contributed by atoms with Crippen molar-refractivity contribution in [2.24, 2.45) is 17.8 Å². The Bertz CT molecular complexity index is 776. The van der Waals surface area contributed by atoms with E-state index in [-0.39, 0.29) is 12.4 Å². The number of rotatable bonds is 42. The maximum absolute atomic E-state index is 12.2. The molecule has 59 heavy (non-hydrogen) atoms. The van der Waals surface area contributed by atoms with Gasteiger partial charge in [0.15, 0.2) is 0 Å². The highest BCUT2D eigenvalue weighted by atomic mass is 32.2. The molecule has 0 radical (unpaired) electrons. The van der Waals surface area contributed by atoms with Crippen molar-refractivity contribution >= 4 is 42.3 Å². The molecule has 0 rings (SSSR count). The van der Waals surface area contributed by atoms with Gasteiger partial charge in [-0.05, 0) is 89.1 Å². The molecule has 0 saturated carbocycles. The summed E-state index contributed by atoms with van der Waals surface area (Å²) >= 11 is 3.37. The zero-order chi connectivity index (χ0) is 44.9. The molecule has 9 nitrogen and oxygen atoms in total. The van der Waals surface area contributed by atoms with Crippen LogP contribution in [-0.4, -0.2) is 118 Å². The molecular weight excluding hydrogens is 783 g/mol. The number of methoxy groups -OCH3 is 1. The number of ether oxygens (including phenoxy) is 3. The number of esters is 1. The number of aliphatic hydroxyl groups is 1. The molecule has 1 atom stereocenters. The van der Waals surface area contributed by atoms with Crippen LogP contribution in [0.2, 0.25) is 0 Å². The smallest absolute Gasteiger partial charge is 0.315 e. The highest BCUT2D eigenvalue weighted by molar-refractivity contribution is 8.00. The van der Waals surface area contributed by atoms with Crippen molar-refractivity contribution in [1.82, 2.24) is 4.90 Å². The Morgan fingerprint density at radius 1 is 0.576 bits per heavy atom. The fraction of sp³-hybridized carbons (Fsp3) is 0.938. The molecule has 0 saturated heterocycles. The number of unbranched alkanes of at least 4 members (excludes halogenated alkanes) is 9. The van der Waals surface area contributed by atoms with Gasteiger partial charge >= 0.3 is 5.97 Å². The summed E-state index contributed by atoms with van der Waals surface area (Å²) < 4.78 is 16.5. The molecule has 0 bridgehead atoms.